The number of aromatic amines is 1. The summed E-state index contributed by atoms with van der Waals surface area (Å²) in [5.41, 5.74) is -0.726. The molecule has 0 spiro atoms. The van der Waals surface area contributed by atoms with Gasteiger partial charge in [0.15, 0.2) is 0 Å². The van der Waals surface area contributed by atoms with Gasteiger partial charge < -0.3 is 0 Å². The van der Waals surface area contributed by atoms with Gasteiger partial charge in [0.25, 0.3) is 0 Å². The van der Waals surface area contributed by atoms with E-state index in [1.54, 1.807) is 5.10 Å². The third kappa shape index (κ3) is 1.98. The van der Waals surface area contributed by atoms with Gasteiger partial charge in [-0.25, -0.2) is 14.5 Å². The fraction of sp³-hybridized carbons (Fsp3) is 0.100. The van der Waals surface area contributed by atoms with Crippen LogP contribution in [-0.2, 0) is 6.18 Å². The summed E-state index contributed by atoms with van der Waals surface area (Å²) in [4.78, 5) is 11.3. The van der Waals surface area contributed by atoms with E-state index in [1.165, 1.54) is 24.3 Å². The summed E-state index contributed by atoms with van der Waals surface area (Å²) >= 11 is 0. The lowest BCUT2D eigenvalue weighted by Gasteiger charge is -2.07. The van der Waals surface area contributed by atoms with Gasteiger partial charge in [0.1, 0.15) is 0 Å². The van der Waals surface area contributed by atoms with Crippen LogP contribution in [-0.4, -0.2) is 14.8 Å². The minimum atomic E-state index is -4.74. The van der Waals surface area contributed by atoms with E-state index in [2.05, 4.69) is 5.10 Å². The monoisotopic (exact) mass is 254 g/mol. The number of H-pyrrole nitrogens is 1. The Bertz CT molecular complexity index is 660. The van der Waals surface area contributed by atoms with Crippen molar-refractivity contribution in [1.82, 2.24) is 14.8 Å². The first-order valence-corrected chi connectivity index (χ1v) is 4.68. The second kappa shape index (κ2) is 4.03. The van der Waals surface area contributed by atoms with Crippen molar-refractivity contribution in [1.29, 1.82) is 5.26 Å². The maximum Gasteiger partial charge on any atom is 0.452 e. The minimum absolute atomic E-state index is 0.0138. The van der Waals surface area contributed by atoms with E-state index < -0.39 is 17.7 Å². The second-order valence-corrected chi connectivity index (χ2v) is 3.34. The predicted molar refractivity (Wildman–Crippen MR) is 53.9 cm³/mol. The van der Waals surface area contributed by atoms with Gasteiger partial charge in [-0.1, -0.05) is 0 Å². The number of nitrogens with zero attached hydrogens (tertiary/aromatic N) is 3. The Morgan fingerprint density at radius 1 is 1.28 bits per heavy atom. The molecule has 0 radical (unpaired) electrons. The van der Waals surface area contributed by atoms with Gasteiger partial charge in [-0.3, -0.25) is 0 Å². The Labute approximate surface area is 98.1 Å². The van der Waals surface area contributed by atoms with Crippen molar-refractivity contribution >= 4 is 0 Å². The van der Waals surface area contributed by atoms with E-state index in [4.69, 9.17) is 5.26 Å². The van der Waals surface area contributed by atoms with Crippen LogP contribution in [0.4, 0.5) is 13.2 Å². The van der Waals surface area contributed by atoms with Crippen molar-refractivity contribution in [2.24, 2.45) is 0 Å². The summed E-state index contributed by atoms with van der Waals surface area (Å²) in [6.45, 7) is 0. The average molecular weight is 254 g/mol. The minimum Gasteiger partial charge on any atom is -0.246 e. The Morgan fingerprint density at radius 2 is 1.89 bits per heavy atom. The molecule has 0 saturated carbocycles. The van der Waals surface area contributed by atoms with Gasteiger partial charge in [0, 0.05) is 0 Å². The molecular weight excluding hydrogens is 249 g/mol. The second-order valence-electron chi connectivity index (χ2n) is 3.34. The van der Waals surface area contributed by atoms with Gasteiger partial charge in [-0.2, -0.15) is 18.4 Å². The highest BCUT2D eigenvalue weighted by Crippen LogP contribution is 2.27. The molecule has 0 atom stereocenters. The number of nitrogens with one attached hydrogen (secondary N) is 1. The summed E-state index contributed by atoms with van der Waals surface area (Å²) in [5.74, 6) is -1.34. The number of aromatic nitrogens is 3. The van der Waals surface area contributed by atoms with Crippen LogP contribution in [0, 0.1) is 11.3 Å². The number of hydrogen-bond donors (Lipinski definition) is 1. The molecule has 5 nitrogen and oxygen atoms in total. The van der Waals surface area contributed by atoms with Gasteiger partial charge in [0.2, 0.25) is 5.82 Å². The summed E-state index contributed by atoms with van der Waals surface area (Å²) in [7, 11) is 0. The molecule has 0 fully saturated rings. The molecule has 0 aliphatic heterocycles. The van der Waals surface area contributed by atoms with E-state index in [-0.39, 0.29) is 11.3 Å². The molecule has 1 aromatic carbocycles. The maximum atomic E-state index is 12.6. The van der Waals surface area contributed by atoms with E-state index in [0.29, 0.717) is 4.57 Å². The molecule has 2 rings (SSSR count). The molecule has 1 heterocycles. The van der Waals surface area contributed by atoms with Crippen LogP contribution >= 0.6 is 0 Å². The third-order valence-corrected chi connectivity index (χ3v) is 2.18. The smallest absolute Gasteiger partial charge is 0.246 e. The highest BCUT2D eigenvalue weighted by atomic mass is 19.4. The zero-order valence-corrected chi connectivity index (χ0v) is 8.69. The quantitative estimate of drug-likeness (QED) is 0.836. The molecule has 0 saturated heterocycles. The molecule has 0 amide bonds. The van der Waals surface area contributed by atoms with Crippen LogP contribution in [0.2, 0.25) is 0 Å². The molecule has 8 heteroatoms. The largest absolute Gasteiger partial charge is 0.452 e. The molecule has 0 bridgehead atoms. The van der Waals surface area contributed by atoms with Crippen LogP contribution in [0.3, 0.4) is 0 Å². The van der Waals surface area contributed by atoms with Crippen LogP contribution in [0.15, 0.2) is 29.1 Å². The highest BCUT2D eigenvalue weighted by Gasteiger charge is 2.38. The molecule has 2 aromatic rings. The van der Waals surface area contributed by atoms with Crippen LogP contribution in [0.25, 0.3) is 5.69 Å². The molecule has 0 unspecified atom stereocenters. The van der Waals surface area contributed by atoms with Crippen molar-refractivity contribution in [3.63, 3.8) is 0 Å². The van der Waals surface area contributed by atoms with Crippen molar-refractivity contribution in [2.75, 3.05) is 0 Å². The van der Waals surface area contributed by atoms with E-state index in [1.807, 2.05) is 6.07 Å². The van der Waals surface area contributed by atoms with E-state index >= 15 is 0 Å². The fourth-order valence-electron chi connectivity index (χ4n) is 1.41. The predicted octanol–water partition coefficient (Wildman–Crippen LogP) is 1.45. The van der Waals surface area contributed by atoms with Gasteiger partial charge in [-0.05, 0) is 24.3 Å². The number of hydrogen-bond acceptors (Lipinski definition) is 3. The number of rotatable bonds is 1. The van der Waals surface area contributed by atoms with Gasteiger partial charge in [-0.15, -0.1) is 5.10 Å². The summed E-state index contributed by atoms with van der Waals surface area (Å²) in [5, 5.41) is 13.3. The summed E-state index contributed by atoms with van der Waals surface area (Å²) in [6.07, 6.45) is -4.74. The Kier molecular flexibility index (Phi) is 2.67. The maximum absolute atomic E-state index is 12.6. The Morgan fingerprint density at radius 3 is 2.39 bits per heavy atom. The van der Waals surface area contributed by atoms with Gasteiger partial charge >= 0.3 is 11.9 Å². The zero-order chi connectivity index (χ0) is 13.3. The molecule has 1 N–H and O–H groups in total. The van der Waals surface area contributed by atoms with Gasteiger partial charge in [0.05, 0.1) is 17.3 Å². The third-order valence-electron chi connectivity index (χ3n) is 2.18. The van der Waals surface area contributed by atoms with Crippen molar-refractivity contribution in [3.8, 4) is 11.8 Å². The standard InChI is InChI=1S/C10H5F3N4O/c11-10(12,13)8-15-16-9(18)17(8)7-3-1-6(5-14)2-4-7/h1-4H,(H,16,18). The molecular formula is C10H5F3N4O. The summed E-state index contributed by atoms with van der Waals surface area (Å²) in [6, 6.07) is 6.94. The van der Waals surface area contributed by atoms with E-state index in [9.17, 15) is 18.0 Å². The molecule has 92 valence electrons. The number of alkyl halides is 3. The number of halogens is 3. The first kappa shape index (κ1) is 11.9. The normalized spacial score (nSPS) is 11.2. The van der Waals surface area contributed by atoms with Crippen molar-refractivity contribution in [3.05, 3.63) is 46.1 Å². The molecule has 0 aliphatic carbocycles. The Balaban J connectivity index is 2.60. The SMILES string of the molecule is N#Cc1ccc(-n2c(C(F)(F)F)n[nH]c2=O)cc1. The molecule has 0 aliphatic rings. The molecule has 18 heavy (non-hydrogen) atoms. The lowest BCUT2D eigenvalue weighted by atomic mass is 10.2. The van der Waals surface area contributed by atoms with Crippen molar-refractivity contribution in [2.45, 2.75) is 6.18 Å². The number of nitriles is 1. The zero-order valence-electron chi connectivity index (χ0n) is 8.69. The van der Waals surface area contributed by atoms with Crippen LogP contribution < -0.4 is 5.69 Å². The summed E-state index contributed by atoms with van der Waals surface area (Å²) < 4.78 is 38.2. The lowest BCUT2D eigenvalue weighted by molar-refractivity contribution is -0.146. The highest BCUT2D eigenvalue weighted by molar-refractivity contribution is 5.39. The first-order chi connectivity index (χ1) is 8.43. The van der Waals surface area contributed by atoms with E-state index in [0.717, 1.165) is 0 Å². The first-order valence-electron chi connectivity index (χ1n) is 4.68. The van der Waals surface area contributed by atoms with Crippen LogP contribution in [0.1, 0.15) is 11.4 Å². The fourth-order valence-corrected chi connectivity index (χ4v) is 1.41. The lowest BCUT2D eigenvalue weighted by Crippen LogP contribution is -2.21. The Hall–Kier alpha value is -2.56. The number of benzene rings is 1. The average Bonchev–Trinajstić information content (AvgIpc) is 2.71. The molecule has 1 aromatic heterocycles. The topological polar surface area (TPSA) is 74.5 Å². The van der Waals surface area contributed by atoms with Crippen molar-refractivity contribution < 1.29 is 13.2 Å². The van der Waals surface area contributed by atoms with Crippen LogP contribution in [0.5, 0.6) is 0 Å².